The minimum atomic E-state index is -1.39. The molecule has 1 saturated carbocycles. The van der Waals surface area contributed by atoms with Crippen LogP contribution in [-0.4, -0.2) is 0 Å². The maximum atomic E-state index is 12.7. The van der Waals surface area contributed by atoms with Crippen LogP contribution in [-0.2, 0) is 0 Å². The van der Waals surface area contributed by atoms with Crippen LogP contribution in [0.4, 0.5) is 13.2 Å². The van der Waals surface area contributed by atoms with Crippen molar-refractivity contribution in [1.82, 2.24) is 0 Å². The van der Waals surface area contributed by atoms with E-state index in [-0.39, 0.29) is 0 Å². The Balaban J connectivity index is 2.37. The highest BCUT2D eigenvalue weighted by atomic mass is 19.2. The highest BCUT2D eigenvalue weighted by molar-refractivity contribution is 5.34. The Hall–Kier alpha value is -0.990. The lowest BCUT2D eigenvalue weighted by Crippen LogP contribution is -2.11. The SMILES string of the molecule is Fc1cc([C]2CCC2)cc(F)c1F. The van der Waals surface area contributed by atoms with Crippen LogP contribution in [0.5, 0.6) is 0 Å². The van der Waals surface area contributed by atoms with Crippen molar-refractivity contribution in [2.45, 2.75) is 19.3 Å². The first-order chi connectivity index (χ1) is 6.18. The topological polar surface area (TPSA) is 0 Å². The minimum absolute atomic E-state index is 0.502. The van der Waals surface area contributed by atoms with Crippen LogP contribution >= 0.6 is 0 Å². The van der Waals surface area contributed by atoms with Gasteiger partial charge in [0.05, 0.1) is 0 Å². The largest absolute Gasteiger partial charge is 0.204 e. The fourth-order valence-electron chi connectivity index (χ4n) is 1.40. The normalized spacial score (nSPS) is 17.2. The van der Waals surface area contributed by atoms with Gasteiger partial charge in [-0.2, -0.15) is 0 Å². The molecule has 0 unspecified atom stereocenters. The van der Waals surface area contributed by atoms with Crippen LogP contribution in [0.15, 0.2) is 12.1 Å². The second-order valence-electron chi connectivity index (χ2n) is 3.21. The van der Waals surface area contributed by atoms with Gasteiger partial charge in [-0.05, 0) is 30.5 Å². The van der Waals surface area contributed by atoms with E-state index in [1.165, 1.54) is 0 Å². The fraction of sp³-hybridized carbons (Fsp3) is 0.300. The van der Waals surface area contributed by atoms with E-state index in [2.05, 4.69) is 0 Å². The van der Waals surface area contributed by atoms with Gasteiger partial charge >= 0.3 is 0 Å². The second-order valence-corrected chi connectivity index (χ2v) is 3.21. The molecule has 0 spiro atoms. The maximum absolute atomic E-state index is 12.7. The van der Waals surface area contributed by atoms with E-state index in [9.17, 15) is 13.2 Å². The van der Waals surface area contributed by atoms with Crippen molar-refractivity contribution in [3.05, 3.63) is 41.1 Å². The zero-order chi connectivity index (χ0) is 9.42. The molecule has 2 rings (SSSR count). The van der Waals surface area contributed by atoms with E-state index in [0.717, 1.165) is 37.3 Å². The Morgan fingerprint density at radius 2 is 1.46 bits per heavy atom. The number of halogens is 3. The lowest BCUT2D eigenvalue weighted by atomic mass is 9.80. The number of rotatable bonds is 1. The van der Waals surface area contributed by atoms with E-state index >= 15 is 0 Å². The third kappa shape index (κ3) is 1.43. The van der Waals surface area contributed by atoms with E-state index in [1.807, 2.05) is 0 Å². The summed E-state index contributed by atoms with van der Waals surface area (Å²) in [7, 11) is 0. The van der Waals surface area contributed by atoms with Crippen molar-refractivity contribution in [2.75, 3.05) is 0 Å². The Morgan fingerprint density at radius 3 is 1.85 bits per heavy atom. The lowest BCUT2D eigenvalue weighted by Gasteiger charge is -2.24. The monoisotopic (exact) mass is 185 g/mol. The predicted octanol–water partition coefficient (Wildman–Crippen LogP) is 3.21. The molecule has 13 heavy (non-hydrogen) atoms. The first kappa shape index (κ1) is 8.60. The molecule has 0 atom stereocenters. The molecule has 1 aliphatic carbocycles. The highest BCUT2D eigenvalue weighted by Crippen LogP contribution is 2.36. The van der Waals surface area contributed by atoms with Gasteiger partial charge in [0, 0.05) is 5.92 Å². The van der Waals surface area contributed by atoms with Crippen LogP contribution in [0.1, 0.15) is 24.8 Å². The Bertz CT molecular complexity index is 306. The zero-order valence-corrected chi connectivity index (χ0v) is 6.91. The summed E-state index contributed by atoms with van der Waals surface area (Å²) in [6.45, 7) is 0. The van der Waals surface area contributed by atoms with E-state index in [1.54, 1.807) is 0 Å². The van der Waals surface area contributed by atoms with Gasteiger partial charge in [0.1, 0.15) is 0 Å². The van der Waals surface area contributed by atoms with Gasteiger partial charge in [-0.25, -0.2) is 13.2 Å². The van der Waals surface area contributed by atoms with Crippen LogP contribution < -0.4 is 0 Å². The van der Waals surface area contributed by atoms with Crippen molar-refractivity contribution in [1.29, 1.82) is 0 Å². The molecule has 0 aromatic heterocycles. The molecule has 0 nitrogen and oxygen atoms in total. The quantitative estimate of drug-likeness (QED) is 0.589. The van der Waals surface area contributed by atoms with E-state index in [4.69, 9.17) is 0 Å². The lowest BCUT2D eigenvalue weighted by molar-refractivity contribution is 0.443. The molecule has 1 radical (unpaired) electrons. The fourth-order valence-corrected chi connectivity index (χ4v) is 1.40. The minimum Gasteiger partial charge on any atom is -0.204 e. The molecule has 1 aromatic carbocycles. The summed E-state index contributed by atoms with van der Waals surface area (Å²) in [5.41, 5.74) is 0.502. The van der Waals surface area contributed by atoms with Crippen LogP contribution in [0, 0.1) is 23.4 Å². The Morgan fingerprint density at radius 1 is 0.923 bits per heavy atom. The molecule has 3 heteroatoms. The summed E-state index contributed by atoms with van der Waals surface area (Å²) in [5.74, 6) is -2.58. The van der Waals surface area contributed by atoms with Gasteiger partial charge in [-0.15, -0.1) is 0 Å². The second kappa shape index (κ2) is 3.05. The molecule has 0 saturated heterocycles. The third-order valence-corrected chi connectivity index (χ3v) is 2.35. The van der Waals surface area contributed by atoms with Crippen LogP contribution in [0.25, 0.3) is 0 Å². The third-order valence-electron chi connectivity index (χ3n) is 2.35. The van der Waals surface area contributed by atoms with Crippen molar-refractivity contribution in [2.24, 2.45) is 0 Å². The molecule has 69 valence electrons. The van der Waals surface area contributed by atoms with Gasteiger partial charge < -0.3 is 0 Å². The summed E-state index contributed by atoms with van der Waals surface area (Å²) in [6.07, 6.45) is 2.78. The van der Waals surface area contributed by atoms with Gasteiger partial charge in [0.15, 0.2) is 17.5 Å². The maximum Gasteiger partial charge on any atom is 0.194 e. The first-order valence-electron chi connectivity index (χ1n) is 4.18. The Labute approximate surface area is 74.4 Å². The van der Waals surface area contributed by atoms with Crippen LogP contribution in [0.3, 0.4) is 0 Å². The van der Waals surface area contributed by atoms with Crippen molar-refractivity contribution in [3.8, 4) is 0 Å². The molecular weight excluding hydrogens is 177 g/mol. The van der Waals surface area contributed by atoms with Crippen LogP contribution in [0.2, 0.25) is 0 Å². The molecule has 0 heterocycles. The summed E-state index contributed by atoms with van der Waals surface area (Å²) < 4.78 is 38.0. The standard InChI is InChI=1S/C10H8F3/c11-8-4-7(6-2-1-3-6)5-9(12)10(8)13/h4-5H,1-3H2. The van der Waals surface area contributed by atoms with E-state index in [0.29, 0.717) is 5.56 Å². The highest BCUT2D eigenvalue weighted by Gasteiger charge is 2.22. The summed E-state index contributed by atoms with van der Waals surface area (Å²) in [4.78, 5) is 0. The van der Waals surface area contributed by atoms with Gasteiger partial charge in [0.25, 0.3) is 0 Å². The van der Waals surface area contributed by atoms with Gasteiger partial charge in [-0.1, -0.05) is 6.42 Å². The molecular formula is C10H8F3. The zero-order valence-electron chi connectivity index (χ0n) is 6.91. The summed E-state index contributed by atoms with van der Waals surface area (Å²) in [6, 6.07) is 2.12. The Kier molecular flexibility index (Phi) is 2.02. The number of hydrogen-bond donors (Lipinski definition) is 0. The molecule has 1 aromatic rings. The van der Waals surface area contributed by atoms with Crippen molar-refractivity contribution >= 4 is 0 Å². The average molecular weight is 185 g/mol. The predicted molar refractivity (Wildman–Crippen MR) is 42.5 cm³/mol. The molecule has 1 aliphatic rings. The number of hydrogen-bond acceptors (Lipinski definition) is 0. The van der Waals surface area contributed by atoms with Crippen molar-refractivity contribution < 1.29 is 13.2 Å². The van der Waals surface area contributed by atoms with E-state index < -0.39 is 17.5 Å². The van der Waals surface area contributed by atoms with Gasteiger partial charge in [-0.3, -0.25) is 0 Å². The molecule has 0 amide bonds. The van der Waals surface area contributed by atoms with Crippen molar-refractivity contribution in [3.63, 3.8) is 0 Å². The van der Waals surface area contributed by atoms with Gasteiger partial charge in [0.2, 0.25) is 0 Å². The molecule has 0 aliphatic heterocycles. The summed E-state index contributed by atoms with van der Waals surface area (Å²) >= 11 is 0. The smallest absolute Gasteiger partial charge is 0.194 e. The first-order valence-corrected chi connectivity index (χ1v) is 4.18. The molecule has 0 bridgehead atoms. The average Bonchev–Trinajstić information content (AvgIpc) is 1.96. The molecule has 1 fully saturated rings. The molecule has 0 N–H and O–H groups in total. The number of benzene rings is 1. The summed E-state index contributed by atoms with van der Waals surface area (Å²) in [5, 5.41) is 0.